The topological polar surface area (TPSA) is 41.1 Å². The molecule has 116 valence electrons. The van der Waals surface area contributed by atoms with Gasteiger partial charge < -0.3 is 10.6 Å². The predicted molar refractivity (Wildman–Crippen MR) is 90.9 cm³/mol. The van der Waals surface area contributed by atoms with Crippen LogP contribution in [0.1, 0.15) is 37.1 Å². The summed E-state index contributed by atoms with van der Waals surface area (Å²) in [7, 11) is 0. The normalized spacial score (nSPS) is 13.4. The minimum atomic E-state index is -0.0430. The maximum Gasteiger partial charge on any atom is 0.234 e. The minimum absolute atomic E-state index is 0.0229. The van der Waals surface area contributed by atoms with Crippen molar-refractivity contribution in [2.75, 3.05) is 6.54 Å². The molecule has 22 heavy (non-hydrogen) atoms. The molecule has 0 bridgehead atoms. The lowest BCUT2D eigenvalue weighted by Crippen LogP contribution is -2.36. The maximum absolute atomic E-state index is 12.0. The predicted octanol–water partition coefficient (Wildman–Crippen LogP) is 3.87. The van der Waals surface area contributed by atoms with Crippen LogP contribution >= 0.6 is 11.6 Å². The summed E-state index contributed by atoms with van der Waals surface area (Å²) in [6.45, 7) is 4.29. The van der Waals surface area contributed by atoms with E-state index in [-0.39, 0.29) is 24.5 Å². The molecule has 2 N–H and O–H groups in total. The summed E-state index contributed by atoms with van der Waals surface area (Å²) < 4.78 is 0. The second-order valence-corrected chi connectivity index (χ2v) is 5.79. The van der Waals surface area contributed by atoms with Gasteiger partial charge in [-0.05, 0) is 37.1 Å². The lowest BCUT2D eigenvalue weighted by molar-refractivity contribution is -0.121. The molecule has 0 aromatic heterocycles. The molecule has 0 spiro atoms. The number of nitrogens with one attached hydrogen (secondary N) is 2. The van der Waals surface area contributed by atoms with Gasteiger partial charge in [0.15, 0.2) is 0 Å². The van der Waals surface area contributed by atoms with Gasteiger partial charge in [0.2, 0.25) is 5.91 Å². The smallest absolute Gasteiger partial charge is 0.234 e. The van der Waals surface area contributed by atoms with E-state index >= 15 is 0 Å². The molecular weight excluding hydrogens is 296 g/mol. The van der Waals surface area contributed by atoms with Gasteiger partial charge in [0.25, 0.3) is 0 Å². The molecule has 0 saturated heterocycles. The van der Waals surface area contributed by atoms with Crippen LogP contribution in [0.15, 0.2) is 54.6 Å². The van der Waals surface area contributed by atoms with Crippen molar-refractivity contribution in [1.29, 1.82) is 0 Å². The number of benzene rings is 2. The van der Waals surface area contributed by atoms with Crippen molar-refractivity contribution >= 4 is 17.5 Å². The average molecular weight is 317 g/mol. The lowest BCUT2D eigenvalue weighted by Gasteiger charge is -2.17. The molecule has 2 aromatic carbocycles. The van der Waals surface area contributed by atoms with Gasteiger partial charge in [-0.15, -0.1) is 0 Å². The summed E-state index contributed by atoms with van der Waals surface area (Å²) in [6.07, 6.45) is 0. The first-order valence-corrected chi connectivity index (χ1v) is 7.77. The minimum Gasteiger partial charge on any atom is -0.348 e. The molecule has 0 fully saturated rings. The summed E-state index contributed by atoms with van der Waals surface area (Å²) in [4.78, 5) is 12.0. The Morgan fingerprint density at radius 3 is 2.18 bits per heavy atom. The van der Waals surface area contributed by atoms with E-state index in [1.165, 1.54) is 5.56 Å². The molecule has 0 aliphatic heterocycles. The Morgan fingerprint density at radius 1 is 0.955 bits per heavy atom. The zero-order valence-corrected chi connectivity index (χ0v) is 13.6. The highest BCUT2D eigenvalue weighted by molar-refractivity contribution is 6.30. The van der Waals surface area contributed by atoms with E-state index in [1.54, 1.807) is 0 Å². The standard InChI is InChI=1S/C18H21ClN2O/c1-13(15-6-4-3-5-7-15)20-12-18(22)21-14(2)16-8-10-17(19)11-9-16/h3-11,13-14,20H,12H2,1-2H3,(H,21,22)/t13-,14+/m1/s1. The zero-order chi connectivity index (χ0) is 15.9. The van der Waals surface area contributed by atoms with Crippen LogP contribution in [0.25, 0.3) is 0 Å². The van der Waals surface area contributed by atoms with Crippen molar-refractivity contribution in [3.8, 4) is 0 Å². The second kappa shape index (κ2) is 7.97. The SMILES string of the molecule is C[C@H](NC(=O)CN[C@H](C)c1ccccc1)c1ccc(Cl)cc1. The molecule has 0 aliphatic rings. The van der Waals surface area contributed by atoms with Gasteiger partial charge in [0, 0.05) is 11.1 Å². The van der Waals surface area contributed by atoms with Gasteiger partial charge in [0.05, 0.1) is 12.6 Å². The fourth-order valence-electron chi connectivity index (χ4n) is 2.23. The van der Waals surface area contributed by atoms with Crippen LogP contribution in [0.3, 0.4) is 0 Å². The van der Waals surface area contributed by atoms with Crippen molar-refractivity contribution in [1.82, 2.24) is 10.6 Å². The van der Waals surface area contributed by atoms with Crippen LogP contribution in [-0.4, -0.2) is 12.5 Å². The molecule has 4 heteroatoms. The van der Waals surface area contributed by atoms with E-state index in [0.717, 1.165) is 5.56 Å². The molecule has 0 saturated carbocycles. The number of hydrogen-bond donors (Lipinski definition) is 2. The molecule has 1 amide bonds. The summed E-state index contributed by atoms with van der Waals surface area (Å²) in [5, 5.41) is 6.90. The first kappa shape index (κ1) is 16.5. The number of carbonyl (C=O) groups is 1. The lowest BCUT2D eigenvalue weighted by atomic mass is 10.1. The van der Waals surface area contributed by atoms with Gasteiger partial charge in [-0.1, -0.05) is 54.1 Å². The number of amides is 1. The Kier molecular flexibility index (Phi) is 5.99. The Labute approximate surface area is 136 Å². The summed E-state index contributed by atoms with van der Waals surface area (Å²) in [5.74, 6) is -0.0229. The van der Waals surface area contributed by atoms with Crippen LogP contribution < -0.4 is 10.6 Å². The van der Waals surface area contributed by atoms with Crippen molar-refractivity contribution in [3.63, 3.8) is 0 Å². The molecule has 0 unspecified atom stereocenters. The van der Waals surface area contributed by atoms with Crippen LogP contribution in [0.4, 0.5) is 0 Å². The molecule has 2 atom stereocenters. The van der Waals surface area contributed by atoms with Crippen LogP contribution in [0.5, 0.6) is 0 Å². The number of halogens is 1. The fraction of sp³-hybridized carbons (Fsp3) is 0.278. The summed E-state index contributed by atoms with van der Waals surface area (Å²) >= 11 is 5.87. The van der Waals surface area contributed by atoms with Gasteiger partial charge in [-0.25, -0.2) is 0 Å². The van der Waals surface area contributed by atoms with E-state index in [4.69, 9.17) is 11.6 Å². The monoisotopic (exact) mass is 316 g/mol. The first-order valence-electron chi connectivity index (χ1n) is 7.39. The molecule has 0 heterocycles. The van der Waals surface area contributed by atoms with Gasteiger partial charge in [0.1, 0.15) is 0 Å². The van der Waals surface area contributed by atoms with Crippen molar-refractivity contribution < 1.29 is 4.79 Å². The quantitative estimate of drug-likeness (QED) is 0.849. The van der Waals surface area contributed by atoms with E-state index in [2.05, 4.69) is 10.6 Å². The number of rotatable bonds is 6. The molecule has 0 aliphatic carbocycles. The highest BCUT2D eigenvalue weighted by Crippen LogP contribution is 2.16. The van der Waals surface area contributed by atoms with E-state index in [9.17, 15) is 4.79 Å². The Balaban J connectivity index is 1.81. The zero-order valence-electron chi connectivity index (χ0n) is 12.8. The van der Waals surface area contributed by atoms with Gasteiger partial charge in [-0.3, -0.25) is 4.79 Å². The van der Waals surface area contributed by atoms with Crippen LogP contribution in [0, 0.1) is 0 Å². The Morgan fingerprint density at radius 2 is 1.55 bits per heavy atom. The van der Waals surface area contributed by atoms with E-state index in [1.807, 2.05) is 68.4 Å². The van der Waals surface area contributed by atoms with Gasteiger partial charge >= 0.3 is 0 Å². The third kappa shape index (κ3) is 4.86. The summed E-state index contributed by atoms with van der Waals surface area (Å²) in [5.41, 5.74) is 2.20. The molecule has 2 aromatic rings. The number of carbonyl (C=O) groups excluding carboxylic acids is 1. The van der Waals surface area contributed by atoms with E-state index < -0.39 is 0 Å². The molecule has 0 radical (unpaired) electrons. The first-order chi connectivity index (χ1) is 10.6. The van der Waals surface area contributed by atoms with Crippen molar-refractivity contribution in [2.45, 2.75) is 25.9 Å². The number of hydrogen-bond acceptors (Lipinski definition) is 2. The third-order valence-corrected chi connectivity index (χ3v) is 3.87. The average Bonchev–Trinajstić information content (AvgIpc) is 2.54. The molecule has 3 nitrogen and oxygen atoms in total. The van der Waals surface area contributed by atoms with Crippen molar-refractivity contribution in [2.24, 2.45) is 0 Å². The Bertz CT molecular complexity index is 598. The largest absolute Gasteiger partial charge is 0.348 e. The Hall–Kier alpha value is -1.84. The second-order valence-electron chi connectivity index (χ2n) is 5.35. The maximum atomic E-state index is 12.0. The van der Waals surface area contributed by atoms with Gasteiger partial charge in [-0.2, -0.15) is 0 Å². The highest BCUT2D eigenvalue weighted by Gasteiger charge is 2.11. The summed E-state index contributed by atoms with van der Waals surface area (Å²) in [6, 6.07) is 17.7. The van der Waals surface area contributed by atoms with Crippen molar-refractivity contribution in [3.05, 3.63) is 70.7 Å². The molecule has 2 rings (SSSR count). The van der Waals surface area contributed by atoms with E-state index in [0.29, 0.717) is 5.02 Å². The molecular formula is C18H21ClN2O. The highest BCUT2D eigenvalue weighted by atomic mass is 35.5. The third-order valence-electron chi connectivity index (χ3n) is 3.62. The van der Waals surface area contributed by atoms with Crippen LogP contribution in [-0.2, 0) is 4.79 Å². The van der Waals surface area contributed by atoms with Crippen LogP contribution in [0.2, 0.25) is 5.02 Å². The fourth-order valence-corrected chi connectivity index (χ4v) is 2.36.